The zero-order valence-electron chi connectivity index (χ0n) is 8.73. The van der Waals surface area contributed by atoms with E-state index < -0.39 is 0 Å². The zero-order valence-corrected chi connectivity index (χ0v) is 8.73. The van der Waals surface area contributed by atoms with Crippen molar-refractivity contribution in [1.82, 2.24) is 0 Å². The van der Waals surface area contributed by atoms with Crippen molar-refractivity contribution >= 4 is 17.3 Å². The maximum atomic E-state index is 11.6. The Labute approximate surface area is 89.9 Å². The van der Waals surface area contributed by atoms with Crippen LogP contribution in [0, 0.1) is 12.3 Å². The Morgan fingerprint density at radius 2 is 2.07 bits per heavy atom. The standard InChI is InChI=1S/C12H14N2O/c1-3-4-5-12(15)14(2)11-8-6-10(13)7-9-11/h1,6-9H,4-5,13H2,2H3. The van der Waals surface area contributed by atoms with E-state index in [1.807, 2.05) is 12.1 Å². The van der Waals surface area contributed by atoms with Crippen molar-refractivity contribution in [1.29, 1.82) is 0 Å². The summed E-state index contributed by atoms with van der Waals surface area (Å²) < 4.78 is 0. The maximum absolute atomic E-state index is 11.6. The Balaban J connectivity index is 2.68. The third-order valence-electron chi connectivity index (χ3n) is 2.14. The number of rotatable bonds is 3. The van der Waals surface area contributed by atoms with Crippen molar-refractivity contribution in [3.63, 3.8) is 0 Å². The van der Waals surface area contributed by atoms with Crippen LogP contribution in [0.4, 0.5) is 11.4 Å². The predicted octanol–water partition coefficient (Wildman–Crippen LogP) is 1.65. The molecule has 0 radical (unpaired) electrons. The highest BCUT2D eigenvalue weighted by Crippen LogP contribution is 2.15. The molecule has 2 N–H and O–H groups in total. The van der Waals surface area contributed by atoms with Gasteiger partial charge in [-0.05, 0) is 24.3 Å². The van der Waals surface area contributed by atoms with Crippen LogP contribution in [0.25, 0.3) is 0 Å². The molecule has 0 aliphatic carbocycles. The van der Waals surface area contributed by atoms with Crippen molar-refractivity contribution in [2.45, 2.75) is 12.8 Å². The molecular formula is C12H14N2O. The number of nitrogens with two attached hydrogens (primary N) is 1. The second kappa shape index (κ2) is 5.06. The first kappa shape index (κ1) is 11.1. The van der Waals surface area contributed by atoms with E-state index in [1.54, 1.807) is 24.1 Å². The van der Waals surface area contributed by atoms with Crippen molar-refractivity contribution in [3.8, 4) is 12.3 Å². The summed E-state index contributed by atoms with van der Waals surface area (Å²) in [6, 6.07) is 7.15. The van der Waals surface area contributed by atoms with Crippen LogP contribution >= 0.6 is 0 Å². The summed E-state index contributed by atoms with van der Waals surface area (Å²) in [5, 5.41) is 0. The molecule has 1 rings (SSSR count). The number of anilines is 2. The van der Waals surface area contributed by atoms with Gasteiger partial charge in [0.15, 0.2) is 0 Å². The number of carbonyl (C=O) groups excluding carboxylic acids is 1. The highest BCUT2D eigenvalue weighted by atomic mass is 16.2. The van der Waals surface area contributed by atoms with Crippen LogP contribution in [0.3, 0.4) is 0 Å². The van der Waals surface area contributed by atoms with Crippen LogP contribution in [-0.2, 0) is 4.79 Å². The fourth-order valence-corrected chi connectivity index (χ4v) is 1.19. The summed E-state index contributed by atoms with van der Waals surface area (Å²) in [5.74, 6) is 2.46. The minimum Gasteiger partial charge on any atom is -0.399 e. The number of benzene rings is 1. The summed E-state index contributed by atoms with van der Waals surface area (Å²) in [6.07, 6.45) is 5.94. The van der Waals surface area contributed by atoms with Gasteiger partial charge in [0.25, 0.3) is 0 Å². The molecule has 0 saturated carbocycles. The normalized spacial score (nSPS) is 9.33. The molecule has 0 unspecified atom stereocenters. The lowest BCUT2D eigenvalue weighted by Crippen LogP contribution is -2.25. The van der Waals surface area contributed by atoms with E-state index in [1.165, 1.54) is 0 Å². The lowest BCUT2D eigenvalue weighted by molar-refractivity contribution is -0.118. The Bertz CT molecular complexity index is 376. The van der Waals surface area contributed by atoms with Crippen LogP contribution in [-0.4, -0.2) is 13.0 Å². The lowest BCUT2D eigenvalue weighted by atomic mass is 10.2. The molecule has 0 saturated heterocycles. The highest BCUT2D eigenvalue weighted by molar-refractivity contribution is 5.93. The third kappa shape index (κ3) is 3.03. The summed E-state index contributed by atoms with van der Waals surface area (Å²) >= 11 is 0. The number of hydrogen-bond acceptors (Lipinski definition) is 2. The number of terminal acetylenes is 1. The molecule has 1 aromatic rings. The van der Waals surface area contributed by atoms with Crippen LogP contribution in [0.2, 0.25) is 0 Å². The van der Waals surface area contributed by atoms with Crippen molar-refractivity contribution in [2.75, 3.05) is 17.7 Å². The summed E-state index contributed by atoms with van der Waals surface area (Å²) in [7, 11) is 1.73. The first-order valence-corrected chi connectivity index (χ1v) is 4.70. The first-order chi connectivity index (χ1) is 7.15. The highest BCUT2D eigenvalue weighted by Gasteiger charge is 2.09. The van der Waals surface area contributed by atoms with Gasteiger partial charge >= 0.3 is 0 Å². The molecule has 0 aromatic heterocycles. The number of nitrogens with zero attached hydrogens (tertiary/aromatic N) is 1. The quantitative estimate of drug-likeness (QED) is 0.598. The third-order valence-corrected chi connectivity index (χ3v) is 2.14. The fourth-order valence-electron chi connectivity index (χ4n) is 1.19. The van der Waals surface area contributed by atoms with E-state index in [0.29, 0.717) is 18.5 Å². The monoisotopic (exact) mass is 202 g/mol. The Hall–Kier alpha value is -1.95. The molecule has 3 nitrogen and oxygen atoms in total. The van der Waals surface area contributed by atoms with Crippen molar-refractivity contribution < 1.29 is 4.79 Å². The molecule has 1 aromatic carbocycles. The molecular weight excluding hydrogens is 188 g/mol. The summed E-state index contributed by atoms with van der Waals surface area (Å²) in [6.45, 7) is 0. The molecule has 0 bridgehead atoms. The number of amides is 1. The first-order valence-electron chi connectivity index (χ1n) is 4.70. The smallest absolute Gasteiger partial charge is 0.227 e. The van der Waals surface area contributed by atoms with Gasteiger partial charge in [-0.2, -0.15) is 0 Å². The average Bonchev–Trinajstić information content (AvgIpc) is 2.26. The number of nitrogen functional groups attached to an aromatic ring is 1. The van der Waals surface area contributed by atoms with E-state index in [4.69, 9.17) is 12.2 Å². The molecule has 0 heterocycles. The maximum Gasteiger partial charge on any atom is 0.227 e. The Kier molecular flexibility index (Phi) is 3.75. The zero-order chi connectivity index (χ0) is 11.3. The van der Waals surface area contributed by atoms with E-state index in [9.17, 15) is 4.79 Å². The van der Waals surface area contributed by atoms with Crippen molar-refractivity contribution in [3.05, 3.63) is 24.3 Å². The molecule has 0 aliphatic rings. The molecule has 78 valence electrons. The Morgan fingerprint density at radius 3 is 2.60 bits per heavy atom. The predicted molar refractivity (Wildman–Crippen MR) is 62.3 cm³/mol. The van der Waals surface area contributed by atoms with Gasteiger partial charge in [0.05, 0.1) is 0 Å². The molecule has 15 heavy (non-hydrogen) atoms. The van der Waals surface area contributed by atoms with Crippen LogP contribution < -0.4 is 10.6 Å². The van der Waals surface area contributed by atoms with E-state index in [0.717, 1.165) is 5.69 Å². The topological polar surface area (TPSA) is 46.3 Å². The fraction of sp³-hybridized carbons (Fsp3) is 0.250. The van der Waals surface area contributed by atoms with Crippen LogP contribution in [0.5, 0.6) is 0 Å². The Morgan fingerprint density at radius 1 is 1.47 bits per heavy atom. The second-order valence-corrected chi connectivity index (χ2v) is 3.25. The van der Waals surface area contributed by atoms with Gasteiger partial charge in [0.2, 0.25) is 5.91 Å². The van der Waals surface area contributed by atoms with Gasteiger partial charge in [0, 0.05) is 31.3 Å². The average molecular weight is 202 g/mol. The second-order valence-electron chi connectivity index (χ2n) is 3.25. The van der Waals surface area contributed by atoms with Gasteiger partial charge < -0.3 is 10.6 Å². The van der Waals surface area contributed by atoms with Gasteiger partial charge in [0.1, 0.15) is 0 Å². The largest absolute Gasteiger partial charge is 0.399 e. The minimum atomic E-state index is 0.0118. The SMILES string of the molecule is C#CCCC(=O)N(C)c1ccc(N)cc1. The molecule has 3 heteroatoms. The van der Waals surface area contributed by atoms with E-state index in [-0.39, 0.29) is 5.91 Å². The van der Waals surface area contributed by atoms with Crippen LogP contribution in [0.15, 0.2) is 24.3 Å². The van der Waals surface area contributed by atoms with Gasteiger partial charge in [-0.15, -0.1) is 12.3 Å². The molecule has 1 amide bonds. The molecule has 0 atom stereocenters. The number of hydrogen-bond donors (Lipinski definition) is 1. The molecule has 0 spiro atoms. The van der Waals surface area contributed by atoms with Crippen LogP contribution in [0.1, 0.15) is 12.8 Å². The summed E-state index contributed by atoms with van der Waals surface area (Å²) in [5.41, 5.74) is 7.06. The molecule has 0 fully saturated rings. The minimum absolute atomic E-state index is 0.0118. The van der Waals surface area contributed by atoms with E-state index >= 15 is 0 Å². The lowest BCUT2D eigenvalue weighted by Gasteiger charge is -2.16. The van der Waals surface area contributed by atoms with E-state index in [2.05, 4.69) is 5.92 Å². The van der Waals surface area contributed by atoms with Gasteiger partial charge in [-0.1, -0.05) is 0 Å². The summed E-state index contributed by atoms with van der Waals surface area (Å²) in [4.78, 5) is 13.2. The molecule has 0 aliphatic heterocycles. The van der Waals surface area contributed by atoms with Gasteiger partial charge in [-0.3, -0.25) is 4.79 Å². The number of carbonyl (C=O) groups is 1. The van der Waals surface area contributed by atoms with Crippen molar-refractivity contribution in [2.24, 2.45) is 0 Å². The van der Waals surface area contributed by atoms with Gasteiger partial charge in [-0.25, -0.2) is 0 Å².